The molecule has 218 valence electrons. The van der Waals surface area contributed by atoms with Gasteiger partial charge in [0.25, 0.3) is 5.91 Å². The third-order valence-corrected chi connectivity index (χ3v) is 7.99. The fraction of sp³-hybridized carbons (Fsp3) is 0.321. The van der Waals surface area contributed by atoms with Crippen LogP contribution in [0.1, 0.15) is 28.1 Å². The van der Waals surface area contributed by atoms with Crippen LogP contribution in [0.4, 0.5) is 24.5 Å². The monoisotopic (exact) mass is 591 g/mol. The number of piperidine rings is 1. The number of thiophene rings is 1. The zero-order valence-electron chi connectivity index (χ0n) is 21.9. The maximum Gasteiger partial charge on any atom is 0.491 e. The molecule has 9 nitrogen and oxygen atoms in total. The van der Waals surface area contributed by atoms with Gasteiger partial charge in [-0.15, -0.1) is 24.5 Å². The van der Waals surface area contributed by atoms with Crippen molar-refractivity contribution in [1.29, 1.82) is 0 Å². The number of hydrogen-bond donors (Lipinski definition) is 4. The molecule has 1 amide bonds. The molecular formula is C28H28F3N3O6S. The summed E-state index contributed by atoms with van der Waals surface area (Å²) in [6, 6.07) is 12.2. The summed E-state index contributed by atoms with van der Waals surface area (Å²) in [6.45, 7) is 1.98. The van der Waals surface area contributed by atoms with Gasteiger partial charge in [-0.05, 0) is 68.6 Å². The number of carboxylic acids is 2. The van der Waals surface area contributed by atoms with Gasteiger partial charge in [0.1, 0.15) is 11.8 Å². The predicted molar refractivity (Wildman–Crippen MR) is 148 cm³/mol. The van der Waals surface area contributed by atoms with Gasteiger partial charge in [-0.1, -0.05) is 30.3 Å². The molecule has 1 saturated heterocycles. The zero-order valence-corrected chi connectivity index (χ0v) is 22.7. The highest BCUT2D eigenvalue weighted by atomic mass is 32.1. The Morgan fingerprint density at radius 2 is 1.78 bits per heavy atom. The SMILES string of the molecule is Cc1c(-c2cccc(NC(C(=O)N(c3ccccc3)C(F)(F)F)C3CCNCC3)c2)sc(C(=O)O)c1OCC(=O)O. The molecule has 0 radical (unpaired) electrons. The first-order chi connectivity index (χ1) is 19.5. The Kier molecular flexibility index (Phi) is 9.18. The molecule has 1 fully saturated rings. The number of carboxylic acid groups (broad SMARTS) is 2. The number of rotatable bonds is 10. The third kappa shape index (κ3) is 6.98. The lowest BCUT2D eigenvalue weighted by Gasteiger charge is -2.35. The lowest BCUT2D eigenvalue weighted by atomic mass is 9.89. The number of carbonyl (C=O) groups excluding carboxylic acids is 1. The van der Waals surface area contributed by atoms with Crippen LogP contribution in [0.25, 0.3) is 10.4 Å². The molecule has 0 saturated carbocycles. The summed E-state index contributed by atoms with van der Waals surface area (Å²) in [5.74, 6) is -4.14. The normalized spacial score (nSPS) is 14.7. The molecule has 41 heavy (non-hydrogen) atoms. The first-order valence-electron chi connectivity index (χ1n) is 12.7. The molecule has 13 heteroatoms. The molecule has 1 atom stereocenters. The van der Waals surface area contributed by atoms with Crippen LogP contribution in [-0.4, -0.2) is 60.1 Å². The van der Waals surface area contributed by atoms with Gasteiger partial charge in [-0.2, -0.15) is 0 Å². The number of carbonyl (C=O) groups is 3. The van der Waals surface area contributed by atoms with Gasteiger partial charge in [-0.25, -0.2) is 14.5 Å². The van der Waals surface area contributed by atoms with Crippen LogP contribution in [0.3, 0.4) is 0 Å². The average molecular weight is 592 g/mol. The van der Waals surface area contributed by atoms with E-state index in [0.29, 0.717) is 47.6 Å². The average Bonchev–Trinajstić information content (AvgIpc) is 3.27. The summed E-state index contributed by atoms with van der Waals surface area (Å²) >= 11 is 0.889. The topological polar surface area (TPSA) is 128 Å². The van der Waals surface area contributed by atoms with Crippen LogP contribution < -0.4 is 20.3 Å². The summed E-state index contributed by atoms with van der Waals surface area (Å²) in [4.78, 5) is 36.6. The maximum absolute atomic E-state index is 14.2. The van der Waals surface area contributed by atoms with Crippen molar-refractivity contribution < 1.29 is 42.5 Å². The number of aromatic carboxylic acids is 1. The number of amides is 1. The van der Waals surface area contributed by atoms with Gasteiger partial charge in [0.2, 0.25) is 0 Å². The van der Waals surface area contributed by atoms with Crippen molar-refractivity contribution >= 4 is 40.6 Å². The van der Waals surface area contributed by atoms with E-state index in [4.69, 9.17) is 9.84 Å². The van der Waals surface area contributed by atoms with E-state index < -0.39 is 36.8 Å². The first kappa shape index (κ1) is 29.9. The number of aliphatic carboxylic acids is 1. The van der Waals surface area contributed by atoms with Crippen LogP contribution in [0.15, 0.2) is 54.6 Å². The standard InChI is InChI=1S/C28H28F3N3O6S/c1-16-23(40-15-21(35)36)25(27(38)39)41-24(16)18-6-5-7-19(14-18)33-22(17-10-12-32-13-11-17)26(37)34(28(29,30)31)20-8-3-2-4-9-20/h2-9,14,17,22,32-33H,10-13,15H2,1H3,(H,35,36)(H,38,39). The van der Waals surface area contributed by atoms with Crippen LogP contribution >= 0.6 is 11.3 Å². The number of hydrogen-bond acceptors (Lipinski definition) is 7. The minimum Gasteiger partial charge on any atom is -0.480 e. The van der Waals surface area contributed by atoms with Crippen molar-refractivity contribution in [2.45, 2.75) is 32.1 Å². The van der Waals surface area contributed by atoms with Crippen LogP contribution in [-0.2, 0) is 9.59 Å². The Morgan fingerprint density at radius 1 is 1.10 bits per heavy atom. The molecule has 1 unspecified atom stereocenters. The van der Waals surface area contributed by atoms with Gasteiger partial charge >= 0.3 is 18.2 Å². The van der Waals surface area contributed by atoms with E-state index in [1.54, 1.807) is 37.3 Å². The van der Waals surface area contributed by atoms with Crippen LogP contribution in [0.5, 0.6) is 5.75 Å². The van der Waals surface area contributed by atoms with Gasteiger partial charge in [0, 0.05) is 16.1 Å². The third-order valence-electron chi connectivity index (χ3n) is 6.68. The Labute approximate surface area is 237 Å². The van der Waals surface area contributed by atoms with E-state index in [9.17, 15) is 32.7 Å². The van der Waals surface area contributed by atoms with E-state index in [1.807, 2.05) is 0 Å². The summed E-state index contributed by atoms with van der Waals surface area (Å²) in [5, 5.41) is 24.8. The van der Waals surface area contributed by atoms with E-state index in [0.717, 1.165) is 11.3 Å². The molecule has 0 aliphatic carbocycles. The van der Waals surface area contributed by atoms with Crippen LogP contribution in [0, 0.1) is 12.8 Å². The molecule has 4 N–H and O–H groups in total. The second kappa shape index (κ2) is 12.6. The molecule has 0 bridgehead atoms. The summed E-state index contributed by atoms with van der Waals surface area (Å²) < 4.78 is 48.0. The highest BCUT2D eigenvalue weighted by molar-refractivity contribution is 7.18. The predicted octanol–water partition coefficient (Wildman–Crippen LogP) is 5.22. The number of para-hydroxylation sites is 1. The number of alkyl halides is 3. The number of nitrogens with one attached hydrogen (secondary N) is 2. The molecule has 3 aromatic rings. The van der Waals surface area contributed by atoms with Crippen molar-refractivity contribution in [2.24, 2.45) is 5.92 Å². The van der Waals surface area contributed by atoms with E-state index in [-0.39, 0.29) is 27.1 Å². The smallest absolute Gasteiger partial charge is 0.480 e. The molecule has 1 aliphatic rings. The molecular weight excluding hydrogens is 563 g/mol. The molecule has 0 spiro atoms. The minimum absolute atomic E-state index is 0.0651. The fourth-order valence-corrected chi connectivity index (χ4v) is 5.91. The van der Waals surface area contributed by atoms with Crippen molar-refractivity contribution in [3.63, 3.8) is 0 Å². The van der Waals surface area contributed by atoms with Gasteiger partial charge in [-0.3, -0.25) is 4.79 Å². The molecule has 1 aliphatic heterocycles. The highest BCUT2D eigenvalue weighted by Crippen LogP contribution is 2.42. The zero-order chi connectivity index (χ0) is 29.7. The summed E-state index contributed by atoms with van der Waals surface area (Å²) in [6.07, 6.45) is -3.99. The summed E-state index contributed by atoms with van der Waals surface area (Å²) in [5.41, 5.74) is 1.01. The van der Waals surface area contributed by atoms with Crippen molar-refractivity contribution in [2.75, 3.05) is 29.9 Å². The lowest BCUT2D eigenvalue weighted by Crippen LogP contribution is -2.54. The second-order valence-corrected chi connectivity index (χ2v) is 10.5. The molecule has 1 aromatic heterocycles. The van der Waals surface area contributed by atoms with Crippen LogP contribution in [0.2, 0.25) is 0 Å². The van der Waals surface area contributed by atoms with Gasteiger partial charge < -0.3 is 25.6 Å². The van der Waals surface area contributed by atoms with Crippen molar-refractivity contribution in [1.82, 2.24) is 5.32 Å². The number of nitrogens with zero attached hydrogens (tertiary/aromatic N) is 1. The van der Waals surface area contributed by atoms with E-state index in [2.05, 4.69) is 10.6 Å². The number of ether oxygens (including phenoxy) is 1. The van der Waals surface area contributed by atoms with Crippen molar-refractivity contribution in [3.8, 4) is 16.2 Å². The quantitative estimate of drug-likeness (QED) is 0.237. The number of anilines is 2. The Morgan fingerprint density at radius 3 is 2.39 bits per heavy atom. The van der Waals surface area contributed by atoms with E-state index in [1.165, 1.54) is 24.3 Å². The summed E-state index contributed by atoms with van der Waals surface area (Å²) in [7, 11) is 0. The largest absolute Gasteiger partial charge is 0.491 e. The minimum atomic E-state index is -4.96. The highest BCUT2D eigenvalue weighted by Gasteiger charge is 2.46. The lowest BCUT2D eigenvalue weighted by molar-refractivity contribution is -0.151. The Balaban J connectivity index is 1.70. The number of halogens is 3. The molecule has 4 rings (SSSR count). The second-order valence-electron chi connectivity index (χ2n) is 9.47. The Hall–Kier alpha value is -4.10. The molecule has 2 aromatic carbocycles. The molecule has 2 heterocycles. The van der Waals surface area contributed by atoms with Gasteiger partial charge in [0.15, 0.2) is 11.5 Å². The van der Waals surface area contributed by atoms with Gasteiger partial charge in [0.05, 0.1) is 5.69 Å². The maximum atomic E-state index is 14.2. The van der Waals surface area contributed by atoms with Crippen molar-refractivity contribution in [3.05, 3.63) is 65.0 Å². The fourth-order valence-electron chi connectivity index (χ4n) is 4.83. The van der Waals surface area contributed by atoms with E-state index >= 15 is 0 Å². The Bertz CT molecular complexity index is 1410. The number of benzene rings is 2. The first-order valence-corrected chi connectivity index (χ1v) is 13.5.